The lowest BCUT2D eigenvalue weighted by atomic mass is 10.1. The van der Waals surface area contributed by atoms with Crippen LogP contribution in [0.15, 0.2) is 48.5 Å². The summed E-state index contributed by atoms with van der Waals surface area (Å²) in [5, 5.41) is 0. The first kappa shape index (κ1) is 21.3. The van der Waals surface area contributed by atoms with Crippen molar-refractivity contribution in [3.8, 4) is 11.5 Å². The first-order valence-corrected chi connectivity index (χ1v) is 10.2. The summed E-state index contributed by atoms with van der Waals surface area (Å²) in [4.78, 5) is 0. The zero-order valence-electron chi connectivity index (χ0n) is 16.4. The van der Waals surface area contributed by atoms with Crippen LogP contribution in [-0.4, -0.2) is 26.3 Å². The molecule has 0 spiro atoms. The molecule has 2 rings (SSSR count). The fraction of sp³-hybridized carbons (Fsp3) is 0.478. The molecule has 0 saturated carbocycles. The first-order valence-electron chi connectivity index (χ1n) is 10.2. The van der Waals surface area contributed by atoms with Gasteiger partial charge in [-0.3, -0.25) is 0 Å². The van der Waals surface area contributed by atoms with E-state index in [1.54, 1.807) is 0 Å². The van der Waals surface area contributed by atoms with Crippen molar-refractivity contribution in [3.63, 3.8) is 0 Å². The number of benzene rings is 2. The molecule has 0 aliphatic carbocycles. The molecule has 0 fully saturated rings. The second kappa shape index (κ2) is 13.2. The summed E-state index contributed by atoms with van der Waals surface area (Å²) >= 11 is 0. The van der Waals surface area contributed by atoms with E-state index in [9.17, 15) is 0 Å². The Bertz CT molecular complexity index is 556. The van der Waals surface area contributed by atoms with E-state index in [0.717, 1.165) is 82.7 Å². The van der Waals surface area contributed by atoms with Gasteiger partial charge in [-0.1, -0.05) is 24.3 Å². The highest BCUT2D eigenvalue weighted by Crippen LogP contribution is 2.15. The van der Waals surface area contributed by atoms with Crippen molar-refractivity contribution < 1.29 is 9.47 Å². The standard InChI is InChI=1S/C23H34N2O2/c24-16-4-6-20-8-12-22(13-9-20)26-18-2-1-3-19-27-23-14-10-21(11-15-23)7-5-17-25/h8-15H,1-7,16-19,24-25H2. The van der Waals surface area contributed by atoms with Crippen LogP contribution in [0.2, 0.25) is 0 Å². The summed E-state index contributed by atoms with van der Waals surface area (Å²) in [5.41, 5.74) is 13.7. The van der Waals surface area contributed by atoms with Gasteiger partial charge in [0.1, 0.15) is 11.5 Å². The Morgan fingerprint density at radius 1 is 0.519 bits per heavy atom. The van der Waals surface area contributed by atoms with Gasteiger partial charge in [0.05, 0.1) is 13.2 Å². The molecule has 0 aliphatic heterocycles. The van der Waals surface area contributed by atoms with E-state index >= 15 is 0 Å². The molecule has 0 atom stereocenters. The van der Waals surface area contributed by atoms with Crippen molar-refractivity contribution >= 4 is 0 Å². The zero-order valence-corrected chi connectivity index (χ0v) is 16.4. The number of hydrogen-bond acceptors (Lipinski definition) is 4. The van der Waals surface area contributed by atoms with Crippen molar-refractivity contribution in [1.82, 2.24) is 0 Å². The van der Waals surface area contributed by atoms with Crippen LogP contribution >= 0.6 is 0 Å². The Morgan fingerprint density at radius 3 is 1.30 bits per heavy atom. The van der Waals surface area contributed by atoms with Crippen molar-refractivity contribution in [1.29, 1.82) is 0 Å². The van der Waals surface area contributed by atoms with E-state index < -0.39 is 0 Å². The molecule has 4 N–H and O–H groups in total. The van der Waals surface area contributed by atoms with E-state index in [0.29, 0.717) is 0 Å². The molecule has 0 bridgehead atoms. The highest BCUT2D eigenvalue weighted by Gasteiger charge is 1.98. The number of ether oxygens (including phenoxy) is 2. The van der Waals surface area contributed by atoms with Gasteiger partial charge in [-0.2, -0.15) is 0 Å². The lowest BCUT2D eigenvalue weighted by Crippen LogP contribution is -2.02. The summed E-state index contributed by atoms with van der Waals surface area (Å²) in [6, 6.07) is 16.7. The summed E-state index contributed by atoms with van der Waals surface area (Å²) in [6.45, 7) is 2.97. The molecule has 0 radical (unpaired) electrons. The molecule has 148 valence electrons. The van der Waals surface area contributed by atoms with Crippen LogP contribution in [0, 0.1) is 0 Å². The second-order valence-electron chi connectivity index (χ2n) is 6.83. The summed E-state index contributed by atoms with van der Waals surface area (Å²) in [5.74, 6) is 1.88. The number of aryl methyl sites for hydroxylation is 2. The van der Waals surface area contributed by atoms with E-state index in [4.69, 9.17) is 20.9 Å². The van der Waals surface area contributed by atoms with Crippen molar-refractivity contribution in [2.75, 3.05) is 26.3 Å². The predicted octanol–water partition coefficient (Wildman–Crippen LogP) is 4.10. The van der Waals surface area contributed by atoms with Gasteiger partial charge in [-0.15, -0.1) is 0 Å². The Kier molecular flexibility index (Phi) is 10.4. The maximum atomic E-state index is 5.80. The van der Waals surface area contributed by atoms with Crippen LogP contribution in [0.3, 0.4) is 0 Å². The highest BCUT2D eigenvalue weighted by molar-refractivity contribution is 5.28. The Morgan fingerprint density at radius 2 is 0.926 bits per heavy atom. The summed E-state index contributed by atoms with van der Waals surface area (Å²) in [7, 11) is 0. The van der Waals surface area contributed by atoms with Gasteiger partial charge < -0.3 is 20.9 Å². The Hall–Kier alpha value is -2.04. The molecular formula is C23H34N2O2. The third-order valence-electron chi connectivity index (χ3n) is 4.51. The average Bonchev–Trinajstić information content (AvgIpc) is 2.71. The van der Waals surface area contributed by atoms with Crippen molar-refractivity contribution in [2.45, 2.75) is 44.9 Å². The van der Waals surface area contributed by atoms with Crippen molar-refractivity contribution in [3.05, 3.63) is 59.7 Å². The maximum Gasteiger partial charge on any atom is 0.119 e. The van der Waals surface area contributed by atoms with Gasteiger partial charge in [0.2, 0.25) is 0 Å². The van der Waals surface area contributed by atoms with E-state index in [1.165, 1.54) is 11.1 Å². The molecule has 2 aromatic rings. The van der Waals surface area contributed by atoms with Gasteiger partial charge in [0, 0.05) is 0 Å². The van der Waals surface area contributed by atoms with E-state index in [1.807, 2.05) is 24.3 Å². The smallest absolute Gasteiger partial charge is 0.119 e. The lowest BCUT2D eigenvalue weighted by molar-refractivity contribution is 0.279. The molecule has 2 aromatic carbocycles. The van der Waals surface area contributed by atoms with Crippen LogP contribution < -0.4 is 20.9 Å². The van der Waals surface area contributed by atoms with Gasteiger partial charge in [-0.25, -0.2) is 0 Å². The van der Waals surface area contributed by atoms with Crippen LogP contribution in [-0.2, 0) is 12.8 Å². The van der Waals surface area contributed by atoms with Crippen LogP contribution in [0.1, 0.15) is 43.2 Å². The van der Waals surface area contributed by atoms with Gasteiger partial charge in [0.25, 0.3) is 0 Å². The van der Waals surface area contributed by atoms with E-state index in [2.05, 4.69) is 24.3 Å². The normalized spacial score (nSPS) is 10.7. The molecule has 0 saturated heterocycles. The molecule has 0 amide bonds. The molecule has 4 nitrogen and oxygen atoms in total. The molecule has 0 aromatic heterocycles. The topological polar surface area (TPSA) is 70.5 Å². The number of rotatable bonds is 14. The largest absolute Gasteiger partial charge is 0.494 e. The van der Waals surface area contributed by atoms with Crippen LogP contribution in [0.25, 0.3) is 0 Å². The fourth-order valence-corrected chi connectivity index (χ4v) is 2.88. The minimum atomic E-state index is 0.738. The number of nitrogens with two attached hydrogens (primary N) is 2. The van der Waals surface area contributed by atoms with Crippen LogP contribution in [0.4, 0.5) is 0 Å². The third kappa shape index (κ3) is 8.94. The molecule has 0 unspecified atom stereocenters. The maximum absolute atomic E-state index is 5.80. The molecule has 27 heavy (non-hydrogen) atoms. The number of hydrogen-bond donors (Lipinski definition) is 2. The lowest BCUT2D eigenvalue weighted by Gasteiger charge is -2.09. The summed E-state index contributed by atoms with van der Waals surface area (Å²) < 4.78 is 11.6. The third-order valence-corrected chi connectivity index (χ3v) is 4.51. The van der Waals surface area contributed by atoms with Gasteiger partial charge in [-0.05, 0) is 93.4 Å². The minimum absolute atomic E-state index is 0.738. The monoisotopic (exact) mass is 370 g/mol. The quantitative estimate of drug-likeness (QED) is 0.491. The first-order chi connectivity index (χ1) is 13.3. The highest BCUT2D eigenvalue weighted by atomic mass is 16.5. The molecule has 0 aliphatic rings. The van der Waals surface area contributed by atoms with E-state index in [-0.39, 0.29) is 0 Å². The minimum Gasteiger partial charge on any atom is -0.494 e. The fourth-order valence-electron chi connectivity index (χ4n) is 2.88. The van der Waals surface area contributed by atoms with Crippen molar-refractivity contribution in [2.24, 2.45) is 11.5 Å². The average molecular weight is 371 g/mol. The van der Waals surface area contributed by atoms with Crippen LogP contribution in [0.5, 0.6) is 11.5 Å². The van der Waals surface area contributed by atoms with Gasteiger partial charge in [0.15, 0.2) is 0 Å². The molecular weight excluding hydrogens is 336 g/mol. The predicted molar refractivity (Wildman–Crippen MR) is 112 cm³/mol. The molecule has 0 heterocycles. The van der Waals surface area contributed by atoms with Gasteiger partial charge >= 0.3 is 0 Å². The zero-order chi connectivity index (χ0) is 19.2. The summed E-state index contributed by atoms with van der Waals surface area (Å²) in [6.07, 6.45) is 7.30. The number of unbranched alkanes of at least 4 members (excludes halogenated alkanes) is 2. The molecule has 4 heteroatoms. The SMILES string of the molecule is NCCCc1ccc(OCCCCCOc2ccc(CCCN)cc2)cc1. The Balaban J connectivity index is 1.52. The Labute approximate surface area is 163 Å². The second-order valence-corrected chi connectivity index (χ2v) is 6.83.